The van der Waals surface area contributed by atoms with Gasteiger partial charge >= 0.3 is 5.97 Å². The van der Waals surface area contributed by atoms with Crippen molar-refractivity contribution in [2.75, 3.05) is 17.7 Å². The molecule has 170 valence electrons. The Bertz CT molecular complexity index is 1090. The van der Waals surface area contributed by atoms with Crippen LogP contribution in [0, 0.1) is 13.8 Å². The summed E-state index contributed by atoms with van der Waals surface area (Å²) in [5, 5.41) is 12.1. The van der Waals surface area contributed by atoms with Gasteiger partial charge in [-0.2, -0.15) is 0 Å². The molecule has 10 heteroatoms. The molecule has 0 aliphatic rings. The molecule has 3 rings (SSSR count). The molecule has 1 unspecified atom stereocenters. The molecule has 0 saturated carbocycles. The number of nitrogens with one attached hydrogen (secondary N) is 1. The Balaban J connectivity index is 1.84. The van der Waals surface area contributed by atoms with Gasteiger partial charge in [-0.15, -0.1) is 21.5 Å². The van der Waals surface area contributed by atoms with Crippen LogP contribution >= 0.6 is 23.1 Å². The fraction of sp³-hybridized carbons (Fsp3) is 0.364. The van der Waals surface area contributed by atoms with Crippen LogP contribution in [0.3, 0.4) is 0 Å². The molecular formula is C22H27N5O3S2. The first kappa shape index (κ1) is 23.8. The van der Waals surface area contributed by atoms with Gasteiger partial charge in [0.2, 0.25) is 11.9 Å². The van der Waals surface area contributed by atoms with E-state index >= 15 is 0 Å². The van der Waals surface area contributed by atoms with Crippen LogP contribution < -0.4 is 11.1 Å². The van der Waals surface area contributed by atoms with E-state index in [0.29, 0.717) is 27.9 Å². The highest BCUT2D eigenvalue weighted by atomic mass is 32.2. The minimum absolute atomic E-state index is 0.173. The quantitative estimate of drug-likeness (QED) is 0.345. The molecule has 1 atom stereocenters. The fourth-order valence-electron chi connectivity index (χ4n) is 3.25. The largest absolute Gasteiger partial charge is 0.462 e. The van der Waals surface area contributed by atoms with Crippen molar-refractivity contribution in [1.29, 1.82) is 0 Å². The lowest BCUT2D eigenvalue weighted by molar-refractivity contribution is -0.119. The standard InChI is InChI=1S/C22H27N5O3S2/c1-5-16(18(28)24-19-17(20(29)30-6-2)13(3)14(4)32-19)27-21(23)25-26-22(27)31-12-15-10-8-7-9-11-15/h7-11,16H,5-6,12H2,1-4H3,(H2,23,25)(H,24,28). The van der Waals surface area contributed by atoms with Gasteiger partial charge < -0.3 is 15.8 Å². The maximum absolute atomic E-state index is 13.3. The van der Waals surface area contributed by atoms with Crippen molar-refractivity contribution in [3.63, 3.8) is 0 Å². The number of benzene rings is 1. The summed E-state index contributed by atoms with van der Waals surface area (Å²) in [6.45, 7) is 7.66. The van der Waals surface area contributed by atoms with Gasteiger partial charge in [-0.1, -0.05) is 49.0 Å². The number of esters is 1. The Morgan fingerprint density at radius 1 is 1.22 bits per heavy atom. The third-order valence-electron chi connectivity index (χ3n) is 5.00. The Labute approximate surface area is 195 Å². The van der Waals surface area contributed by atoms with Gasteiger partial charge in [-0.3, -0.25) is 9.36 Å². The molecule has 32 heavy (non-hydrogen) atoms. The van der Waals surface area contributed by atoms with Crippen LogP contribution in [0.1, 0.15) is 52.7 Å². The van der Waals surface area contributed by atoms with Crippen molar-refractivity contribution in [2.45, 2.75) is 51.1 Å². The van der Waals surface area contributed by atoms with Crippen LogP contribution in [0.2, 0.25) is 0 Å². The second-order valence-electron chi connectivity index (χ2n) is 7.11. The van der Waals surface area contributed by atoms with E-state index in [4.69, 9.17) is 10.5 Å². The molecule has 2 heterocycles. The summed E-state index contributed by atoms with van der Waals surface area (Å²) in [4.78, 5) is 26.7. The van der Waals surface area contributed by atoms with Crippen molar-refractivity contribution in [3.05, 3.63) is 51.9 Å². The van der Waals surface area contributed by atoms with E-state index in [-0.39, 0.29) is 18.5 Å². The van der Waals surface area contributed by atoms with Gasteiger partial charge in [0, 0.05) is 10.6 Å². The van der Waals surface area contributed by atoms with Crippen molar-refractivity contribution in [1.82, 2.24) is 14.8 Å². The highest BCUT2D eigenvalue weighted by Gasteiger charge is 2.28. The third kappa shape index (κ3) is 5.13. The summed E-state index contributed by atoms with van der Waals surface area (Å²) in [5.41, 5.74) is 8.42. The SMILES string of the molecule is CCOC(=O)c1c(NC(=O)C(CC)n2c(N)nnc2SCc2ccccc2)sc(C)c1C. The number of hydrogen-bond acceptors (Lipinski definition) is 8. The average Bonchev–Trinajstić information content (AvgIpc) is 3.27. The zero-order valence-corrected chi connectivity index (χ0v) is 20.2. The van der Waals surface area contributed by atoms with E-state index in [1.807, 2.05) is 51.1 Å². The van der Waals surface area contributed by atoms with Crippen LogP contribution in [0.25, 0.3) is 0 Å². The number of carbonyl (C=O) groups excluding carboxylic acids is 2. The zero-order valence-electron chi connectivity index (χ0n) is 18.5. The van der Waals surface area contributed by atoms with E-state index < -0.39 is 12.0 Å². The first-order chi connectivity index (χ1) is 15.4. The molecule has 0 aliphatic heterocycles. The number of hydrogen-bond donors (Lipinski definition) is 2. The summed E-state index contributed by atoms with van der Waals surface area (Å²) in [5.74, 6) is 0.118. The summed E-state index contributed by atoms with van der Waals surface area (Å²) < 4.78 is 6.84. The number of carbonyl (C=O) groups is 2. The number of aromatic nitrogens is 3. The predicted molar refractivity (Wildman–Crippen MR) is 128 cm³/mol. The van der Waals surface area contributed by atoms with Crippen molar-refractivity contribution in [2.24, 2.45) is 0 Å². The lowest BCUT2D eigenvalue weighted by Gasteiger charge is -2.19. The molecule has 0 saturated heterocycles. The second kappa shape index (κ2) is 10.6. The van der Waals surface area contributed by atoms with Crippen molar-refractivity contribution < 1.29 is 14.3 Å². The second-order valence-corrected chi connectivity index (χ2v) is 9.27. The van der Waals surface area contributed by atoms with Crippen LogP contribution in [-0.4, -0.2) is 33.2 Å². The zero-order chi connectivity index (χ0) is 23.3. The molecule has 0 radical (unpaired) electrons. The molecule has 1 amide bonds. The summed E-state index contributed by atoms with van der Waals surface area (Å²) >= 11 is 2.82. The lowest BCUT2D eigenvalue weighted by Crippen LogP contribution is -2.27. The molecule has 0 spiro atoms. The molecule has 0 fully saturated rings. The minimum atomic E-state index is -0.624. The monoisotopic (exact) mass is 473 g/mol. The molecule has 2 aromatic heterocycles. The van der Waals surface area contributed by atoms with E-state index in [1.165, 1.54) is 23.1 Å². The van der Waals surface area contributed by atoms with E-state index in [0.717, 1.165) is 16.0 Å². The number of aryl methyl sites for hydroxylation is 1. The van der Waals surface area contributed by atoms with E-state index in [2.05, 4.69) is 15.5 Å². The molecular weight excluding hydrogens is 446 g/mol. The van der Waals surface area contributed by atoms with Crippen molar-refractivity contribution >= 4 is 45.9 Å². The highest BCUT2D eigenvalue weighted by molar-refractivity contribution is 7.98. The fourth-order valence-corrected chi connectivity index (χ4v) is 5.24. The number of nitrogens with zero attached hydrogens (tertiary/aromatic N) is 3. The van der Waals surface area contributed by atoms with Crippen LogP contribution in [0.4, 0.5) is 10.9 Å². The Kier molecular flexibility index (Phi) is 7.92. The minimum Gasteiger partial charge on any atom is -0.462 e. The highest BCUT2D eigenvalue weighted by Crippen LogP contribution is 2.34. The van der Waals surface area contributed by atoms with Gasteiger partial charge in [0.15, 0.2) is 5.16 Å². The third-order valence-corrected chi connectivity index (χ3v) is 7.14. The lowest BCUT2D eigenvalue weighted by atomic mass is 10.1. The van der Waals surface area contributed by atoms with Crippen molar-refractivity contribution in [3.8, 4) is 0 Å². The molecule has 0 bridgehead atoms. The number of rotatable bonds is 9. The van der Waals surface area contributed by atoms with Crippen LogP contribution in [0.5, 0.6) is 0 Å². The number of thiophene rings is 1. The first-order valence-corrected chi connectivity index (χ1v) is 12.1. The van der Waals surface area contributed by atoms with Gasteiger partial charge in [0.25, 0.3) is 0 Å². The van der Waals surface area contributed by atoms with Crippen LogP contribution in [0.15, 0.2) is 35.5 Å². The topological polar surface area (TPSA) is 112 Å². The van der Waals surface area contributed by atoms with Gasteiger partial charge in [-0.25, -0.2) is 4.79 Å². The number of anilines is 2. The molecule has 8 nitrogen and oxygen atoms in total. The molecule has 3 aromatic rings. The maximum Gasteiger partial charge on any atom is 0.341 e. The number of nitrogens with two attached hydrogens (primary N) is 1. The predicted octanol–water partition coefficient (Wildman–Crippen LogP) is 4.60. The summed E-state index contributed by atoms with van der Waals surface area (Å²) in [6, 6.07) is 9.34. The maximum atomic E-state index is 13.3. The molecule has 3 N–H and O–H groups in total. The number of nitrogen functional groups attached to an aromatic ring is 1. The Hall–Kier alpha value is -2.85. The van der Waals surface area contributed by atoms with Gasteiger partial charge in [-0.05, 0) is 38.3 Å². The smallest absolute Gasteiger partial charge is 0.341 e. The molecule has 1 aromatic carbocycles. The first-order valence-electron chi connectivity index (χ1n) is 10.3. The van der Waals surface area contributed by atoms with Crippen LogP contribution in [-0.2, 0) is 15.3 Å². The summed E-state index contributed by atoms with van der Waals surface area (Å²) in [6.07, 6.45) is 0.477. The Morgan fingerprint density at radius 3 is 2.59 bits per heavy atom. The van der Waals surface area contributed by atoms with Gasteiger partial charge in [0.1, 0.15) is 11.0 Å². The number of ether oxygens (including phenoxy) is 1. The van der Waals surface area contributed by atoms with Gasteiger partial charge in [0.05, 0.1) is 12.2 Å². The summed E-state index contributed by atoms with van der Waals surface area (Å²) in [7, 11) is 0. The average molecular weight is 474 g/mol. The van der Waals surface area contributed by atoms with E-state index in [9.17, 15) is 9.59 Å². The Morgan fingerprint density at radius 2 is 1.94 bits per heavy atom. The number of thioether (sulfide) groups is 1. The molecule has 0 aliphatic carbocycles. The van der Waals surface area contributed by atoms with E-state index in [1.54, 1.807) is 11.5 Å². The normalized spacial score (nSPS) is 11.9. The number of amides is 1.